The van der Waals surface area contributed by atoms with E-state index in [4.69, 9.17) is 11.6 Å². The maximum Gasteiger partial charge on any atom is 0.288 e. The van der Waals surface area contributed by atoms with Gasteiger partial charge in [-0.1, -0.05) is 30.7 Å². The van der Waals surface area contributed by atoms with Crippen molar-refractivity contribution >= 4 is 28.9 Å². The number of halogens is 1. The second kappa shape index (κ2) is 8.61. The van der Waals surface area contributed by atoms with E-state index in [1.54, 1.807) is 0 Å². The van der Waals surface area contributed by atoms with Crippen LogP contribution in [0.3, 0.4) is 0 Å². The summed E-state index contributed by atoms with van der Waals surface area (Å²) < 4.78 is 0. The van der Waals surface area contributed by atoms with Crippen LogP contribution in [0.2, 0.25) is 5.02 Å². The van der Waals surface area contributed by atoms with E-state index in [2.05, 4.69) is 29.3 Å². The first-order valence-electron chi connectivity index (χ1n) is 9.45. The number of anilines is 1. The van der Waals surface area contributed by atoms with Gasteiger partial charge in [-0.05, 0) is 55.5 Å². The van der Waals surface area contributed by atoms with Crippen molar-refractivity contribution in [3.05, 3.63) is 68.7 Å². The van der Waals surface area contributed by atoms with Crippen molar-refractivity contribution in [1.29, 1.82) is 0 Å². The Balaban J connectivity index is 1.66. The van der Waals surface area contributed by atoms with Crippen molar-refractivity contribution in [2.24, 2.45) is 5.92 Å². The van der Waals surface area contributed by atoms with Crippen LogP contribution in [0, 0.1) is 16.0 Å². The highest BCUT2D eigenvalue weighted by Crippen LogP contribution is 2.26. The number of hydrogen-bond donors (Lipinski definition) is 1. The second-order valence-corrected chi connectivity index (χ2v) is 7.79. The zero-order valence-corrected chi connectivity index (χ0v) is 16.8. The van der Waals surface area contributed by atoms with Crippen LogP contribution in [-0.4, -0.2) is 23.9 Å². The molecule has 1 unspecified atom stereocenters. The van der Waals surface area contributed by atoms with Crippen molar-refractivity contribution in [3.8, 4) is 0 Å². The van der Waals surface area contributed by atoms with E-state index in [0.29, 0.717) is 0 Å². The fourth-order valence-corrected chi connectivity index (χ4v) is 3.58. The summed E-state index contributed by atoms with van der Waals surface area (Å²) in [5.41, 5.74) is 2.11. The summed E-state index contributed by atoms with van der Waals surface area (Å²) in [6.07, 6.45) is 2.42. The Bertz CT molecular complexity index is 862. The lowest BCUT2D eigenvalue weighted by Crippen LogP contribution is -2.32. The minimum absolute atomic E-state index is 0.0114. The molecule has 0 radical (unpaired) electrons. The molecule has 1 aliphatic heterocycles. The largest absolute Gasteiger partial charge is 0.372 e. The Labute approximate surface area is 169 Å². The minimum Gasteiger partial charge on any atom is -0.372 e. The van der Waals surface area contributed by atoms with Gasteiger partial charge in [0.15, 0.2) is 0 Å². The fourth-order valence-electron chi connectivity index (χ4n) is 3.40. The van der Waals surface area contributed by atoms with Gasteiger partial charge in [0.2, 0.25) is 0 Å². The van der Waals surface area contributed by atoms with Gasteiger partial charge in [0.1, 0.15) is 5.02 Å². The molecular formula is C21H24ClN3O3. The van der Waals surface area contributed by atoms with Gasteiger partial charge in [0, 0.05) is 30.4 Å². The summed E-state index contributed by atoms with van der Waals surface area (Å²) in [5.74, 6) is 0.413. The Morgan fingerprint density at radius 1 is 1.21 bits per heavy atom. The number of hydrogen-bond acceptors (Lipinski definition) is 4. The summed E-state index contributed by atoms with van der Waals surface area (Å²) in [7, 11) is 0. The van der Waals surface area contributed by atoms with E-state index < -0.39 is 4.92 Å². The molecule has 0 saturated carbocycles. The molecule has 0 aliphatic carbocycles. The molecule has 2 aromatic carbocycles. The van der Waals surface area contributed by atoms with Gasteiger partial charge in [0.25, 0.3) is 11.6 Å². The van der Waals surface area contributed by atoms with Crippen LogP contribution in [0.1, 0.15) is 48.7 Å². The quantitative estimate of drug-likeness (QED) is 0.566. The SMILES string of the molecule is CC1CCN(c2ccc(C(C)NC(=O)c3ccc(Cl)c([N+](=O)[O-])c3)cc2)CC1. The van der Waals surface area contributed by atoms with Crippen LogP contribution in [0.25, 0.3) is 0 Å². The topological polar surface area (TPSA) is 75.5 Å². The number of nitro benzene ring substituents is 1. The number of benzene rings is 2. The van der Waals surface area contributed by atoms with Crippen LogP contribution in [0.4, 0.5) is 11.4 Å². The van der Waals surface area contributed by atoms with Crippen LogP contribution in [0.5, 0.6) is 0 Å². The Morgan fingerprint density at radius 2 is 1.86 bits per heavy atom. The maximum absolute atomic E-state index is 12.5. The molecule has 7 heteroatoms. The zero-order chi connectivity index (χ0) is 20.3. The lowest BCUT2D eigenvalue weighted by molar-refractivity contribution is -0.384. The highest BCUT2D eigenvalue weighted by Gasteiger charge is 2.19. The van der Waals surface area contributed by atoms with Gasteiger partial charge in [-0.3, -0.25) is 14.9 Å². The Morgan fingerprint density at radius 3 is 2.46 bits per heavy atom. The first kappa shape index (κ1) is 20.1. The van der Waals surface area contributed by atoms with Crippen molar-refractivity contribution in [3.63, 3.8) is 0 Å². The Kier molecular flexibility index (Phi) is 6.19. The average molecular weight is 402 g/mol. The zero-order valence-electron chi connectivity index (χ0n) is 16.0. The lowest BCUT2D eigenvalue weighted by Gasteiger charge is -2.32. The molecule has 6 nitrogen and oxygen atoms in total. The second-order valence-electron chi connectivity index (χ2n) is 7.38. The lowest BCUT2D eigenvalue weighted by atomic mass is 9.98. The van der Waals surface area contributed by atoms with Gasteiger partial charge in [0.05, 0.1) is 11.0 Å². The molecule has 0 aromatic heterocycles. The first-order chi connectivity index (χ1) is 13.3. The summed E-state index contributed by atoms with van der Waals surface area (Å²) in [4.78, 5) is 25.3. The summed E-state index contributed by atoms with van der Waals surface area (Å²) in [6.45, 7) is 6.32. The molecule has 1 fully saturated rings. The molecule has 3 rings (SSSR count). The molecule has 28 heavy (non-hydrogen) atoms. The third-order valence-corrected chi connectivity index (χ3v) is 5.61. The van der Waals surface area contributed by atoms with Crippen molar-refractivity contribution in [2.75, 3.05) is 18.0 Å². The van der Waals surface area contributed by atoms with Crippen LogP contribution >= 0.6 is 11.6 Å². The van der Waals surface area contributed by atoms with Gasteiger partial charge in [-0.25, -0.2) is 0 Å². The maximum atomic E-state index is 12.5. The predicted molar refractivity (Wildman–Crippen MR) is 111 cm³/mol. The normalized spacial score (nSPS) is 15.9. The van der Waals surface area contributed by atoms with Crippen molar-refractivity contribution < 1.29 is 9.72 Å². The molecule has 1 saturated heterocycles. The molecule has 0 bridgehead atoms. The number of carbonyl (C=O) groups is 1. The molecule has 1 heterocycles. The monoisotopic (exact) mass is 401 g/mol. The van der Waals surface area contributed by atoms with Gasteiger partial charge >= 0.3 is 0 Å². The van der Waals surface area contributed by atoms with Gasteiger partial charge in [-0.15, -0.1) is 0 Å². The molecule has 2 aromatic rings. The number of nitrogens with one attached hydrogen (secondary N) is 1. The van der Waals surface area contributed by atoms with E-state index >= 15 is 0 Å². The number of nitro groups is 1. The third-order valence-electron chi connectivity index (χ3n) is 5.29. The van der Waals surface area contributed by atoms with E-state index in [0.717, 1.165) is 24.6 Å². The third kappa shape index (κ3) is 4.62. The van der Waals surface area contributed by atoms with Crippen LogP contribution in [0.15, 0.2) is 42.5 Å². The summed E-state index contributed by atoms with van der Waals surface area (Å²) in [5, 5.41) is 13.9. The molecule has 0 spiro atoms. The number of piperidine rings is 1. The van der Waals surface area contributed by atoms with Crippen LogP contribution in [-0.2, 0) is 0 Å². The average Bonchev–Trinajstić information content (AvgIpc) is 2.68. The van der Waals surface area contributed by atoms with Gasteiger partial charge in [-0.2, -0.15) is 0 Å². The highest BCUT2D eigenvalue weighted by atomic mass is 35.5. The smallest absolute Gasteiger partial charge is 0.288 e. The number of nitrogens with zero attached hydrogens (tertiary/aromatic N) is 2. The molecular weight excluding hydrogens is 378 g/mol. The number of carbonyl (C=O) groups excluding carboxylic acids is 1. The molecule has 1 atom stereocenters. The molecule has 148 valence electrons. The minimum atomic E-state index is -0.595. The van der Waals surface area contributed by atoms with Gasteiger partial charge < -0.3 is 10.2 Å². The first-order valence-corrected chi connectivity index (χ1v) is 9.82. The highest BCUT2D eigenvalue weighted by molar-refractivity contribution is 6.32. The van der Waals surface area contributed by atoms with E-state index in [1.807, 2.05) is 19.1 Å². The fraction of sp³-hybridized carbons (Fsp3) is 0.381. The van der Waals surface area contributed by atoms with Crippen LogP contribution < -0.4 is 10.2 Å². The number of amides is 1. The Hall–Kier alpha value is -2.60. The molecule has 1 N–H and O–H groups in total. The van der Waals surface area contributed by atoms with Crippen molar-refractivity contribution in [2.45, 2.75) is 32.7 Å². The molecule has 1 amide bonds. The summed E-state index contributed by atoms with van der Waals surface area (Å²) in [6, 6.07) is 12.0. The molecule has 1 aliphatic rings. The predicted octanol–water partition coefficient (Wildman–Crippen LogP) is 4.98. The standard InChI is InChI=1S/C21H24ClN3O3/c1-14-9-11-24(12-10-14)18-6-3-16(4-7-18)15(2)23-21(26)17-5-8-19(22)20(13-17)25(27)28/h3-8,13-15H,9-12H2,1-2H3,(H,23,26). The number of rotatable bonds is 5. The van der Waals surface area contributed by atoms with E-state index in [1.165, 1.54) is 36.7 Å². The van der Waals surface area contributed by atoms with E-state index in [-0.39, 0.29) is 28.2 Å². The van der Waals surface area contributed by atoms with E-state index in [9.17, 15) is 14.9 Å². The summed E-state index contributed by atoms with van der Waals surface area (Å²) >= 11 is 5.81. The van der Waals surface area contributed by atoms with Crippen molar-refractivity contribution in [1.82, 2.24) is 5.32 Å².